The highest BCUT2D eigenvalue weighted by atomic mass is 15.1. The largest absolute Gasteiger partial charge is 0.313 e. The van der Waals surface area contributed by atoms with Crippen LogP contribution in [0.2, 0.25) is 0 Å². The number of nitrogens with one attached hydrogen (secondary N) is 1. The SMILES string of the molecule is CCCN1CCCC(NCCC#N)CC1. The maximum absolute atomic E-state index is 8.47. The van der Waals surface area contributed by atoms with E-state index in [2.05, 4.69) is 23.2 Å². The number of rotatable bonds is 5. The van der Waals surface area contributed by atoms with Crippen molar-refractivity contribution < 1.29 is 0 Å². The van der Waals surface area contributed by atoms with Crippen LogP contribution in [-0.2, 0) is 0 Å². The molecule has 86 valence electrons. The third-order valence-electron chi connectivity index (χ3n) is 3.03. The fourth-order valence-electron chi connectivity index (χ4n) is 2.23. The maximum atomic E-state index is 8.47. The van der Waals surface area contributed by atoms with E-state index in [1.165, 1.54) is 45.3 Å². The van der Waals surface area contributed by atoms with Crippen molar-refractivity contribution in [2.45, 2.75) is 45.1 Å². The Hall–Kier alpha value is -0.590. The Morgan fingerprint density at radius 2 is 2.27 bits per heavy atom. The molecule has 0 saturated carbocycles. The van der Waals surface area contributed by atoms with E-state index in [1.54, 1.807) is 0 Å². The van der Waals surface area contributed by atoms with Gasteiger partial charge in [-0.25, -0.2) is 0 Å². The van der Waals surface area contributed by atoms with E-state index in [-0.39, 0.29) is 0 Å². The van der Waals surface area contributed by atoms with E-state index in [0.29, 0.717) is 12.5 Å². The maximum Gasteiger partial charge on any atom is 0.0635 e. The van der Waals surface area contributed by atoms with E-state index < -0.39 is 0 Å². The zero-order valence-corrected chi connectivity index (χ0v) is 9.84. The third-order valence-corrected chi connectivity index (χ3v) is 3.03. The van der Waals surface area contributed by atoms with Crippen LogP contribution in [0.1, 0.15) is 39.0 Å². The minimum Gasteiger partial charge on any atom is -0.313 e. The zero-order chi connectivity index (χ0) is 10.9. The molecule has 0 aromatic carbocycles. The molecule has 1 unspecified atom stereocenters. The first-order valence-corrected chi connectivity index (χ1v) is 6.19. The quantitative estimate of drug-likeness (QED) is 0.701. The van der Waals surface area contributed by atoms with Gasteiger partial charge in [-0.2, -0.15) is 5.26 Å². The smallest absolute Gasteiger partial charge is 0.0635 e. The fraction of sp³-hybridized carbons (Fsp3) is 0.917. The first-order valence-electron chi connectivity index (χ1n) is 6.19. The first-order chi connectivity index (χ1) is 7.36. The average Bonchev–Trinajstić information content (AvgIpc) is 2.45. The molecule has 0 spiro atoms. The molecule has 1 aliphatic heterocycles. The summed E-state index contributed by atoms with van der Waals surface area (Å²) in [6, 6.07) is 2.82. The normalized spacial score (nSPS) is 23.3. The summed E-state index contributed by atoms with van der Waals surface area (Å²) >= 11 is 0. The molecule has 0 aliphatic carbocycles. The molecule has 1 heterocycles. The topological polar surface area (TPSA) is 39.1 Å². The summed E-state index contributed by atoms with van der Waals surface area (Å²) < 4.78 is 0. The first kappa shape index (κ1) is 12.5. The standard InChI is InChI=1S/C12H23N3/c1-2-9-15-10-3-5-12(6-11-15)14-8-4-7-13/h12,14H,2-6,8-11H2,1H3. The van der Waals surface area contributed by atoms with Crippen LogP contribution in [-0.4, -0.2) is 37.1 Å². The predicted molar refractivity (Wildman–Crippen MR) is 62.6 cm³/mol. The molecular formula is C12H23N3. The Kier molecular flexibility index (Phi) is 6.38. The number of nitriles is 1. The van der Waals surface area contributed by atoms with Gasteiger partial charge in [-0.1, -0.05) is 6.92 Å². The van der Waals surface area contributed by atoms with Gasteiger partial charge in [0.1, 0.15) is 0 Å². The second-order valence-electron chi connectivity index (χ2n) is 4.33. The van der Waals surface area contributed by atoms with Crippen LogP contribution in [0.5, 0.6) is 0 Å². The van der Waals surface area contributed by atoms with Gasteiger partial charge < -0.3 is 10.2 Å². The van der Waals surface area contributed by atoms with Crippen LogP contribution in [0.4, 0.5) is 0 Å². The lowest BCUT2D eigenvalue weighted by Gasteiger charge is -2.19. The van der Waals surface area contributed by atoms with Gasteiger partial charge >= 0.3 is 0 Å². The van der Waals surface area contributed by atoms with E-state index in [4.69, 9.17) is 5.26 Å². The number of hydrogen-bond donors (Lipinski definition) is 1. The third kappa shape index (κ3) is 5.15. The van der Waals surface area contributed by atoms with Crippen molar-refractivity contribution >= 4 is 0 Å². The Balaban J connectivity index is 2.18. The molecule has 0 radical (unpaired) electrons. The molecule has 0 aromatic rings. The Labute approximate surface area is 93.5 Å². The summed E-state index contributed by atoms with van der Waals surface area (Å²) in [5.41, 5.74) is 0. The van der Waals surface area contributed by atoms with Gasteiger partial charge in [0.15, 0.2) is 0 Å². The van der Waals surface area contributed by atoms with Crippen molar-refractivity contribution in [3.05, 3.63) is 0 Å². The number of likely N-dealkylation sites (tertiary alicyclic amines) is 1. The van der Waals surface area contributed by atoms with Crippen LogP contribution < -0.4 is 5.32 Å². The minimum atomic E-state index is 0.634. The highest BCUT2D eigenvalue weighted by Gasteiger charge is 2.15. The number of hydrogen-bond acceptors (Lipinski definition) is 3. The number of nitrogens with zero attached hydrogens (tertiary/aromatic N) is 2. The summed E-state index contributed by atoms with van der Waals surface area (Å²) in [7, 11) is 0. The molecule has 0 amide bonds. The summed E-state index contributed by atoms with van der Waals surface area (Å²) in [5.74, 6) is 0. The van der Waals surface area contributed by atoms with Gasteiger partial charge in [0.25, 0.3) is 0 Å². The molecule has 15 heavy (non-hydrogen) atoms. The Morgan fingerprint density at radius 1 is 1.40 bits per heavy atom. The second-order valence-corrected chi connectivity index (χ2v) is 4.33. The lowest BCUT2D eigenvalue weighted by atomic mass is 10.1. The van der Waals surface area contributed by atoms with Gasteiger partial charge in [-0.3, -0.25) is 0 Å². The van der Waals surface area contributed by atoms with E-state index in [1.807, 2.05) is 0 Å². The Bertz CT molecular complexity index is 198. The van der Waals surface area contributed by atoms with E-state index >= 15 is 0 Å². The molecule has 1 rings (SSSR count). The fourth-order valence-corrected chi connectivity index (χ4v) is 2.23. The molecule has 1 fully saturated rings. The monoisotopic (exact) mass is 209 g/mol. The van der Waals surface area contributed by atoms with Gasteiger partial charge in [-0.05, 0) is 45.3 Å². The second kappa shape index (κ2) is 7.67. The van der Waals surface area contributed by atoms with Gasteiger partial charge in [-0.15, -0.1) is 0 Å². The molecule has 1 saturated heterocycles. The van der Waals surface area contributed by atoms with Crippen LogP contribution >= 0.6 is 0 Å². The molecular weight excluding hydrogens is 186 g/mol. The van der Waals surface area contributed by atoms with Crippen molar-refractivity contribution in [1.82, 2.24) is 10.2 Å². The van der Waals surface area contributed by atoms with Crippen LogP contribution in [0, 0.1) is 11.3 Å². The van der Waals surface area contributed by atoms with Crippen LogP contribution in [0.25, 0.3) is 0 Å². The predicted octanol–water partition coefficient (Wildman–Crippen LogP) is 1.75. The average molecular weight is 209 g/mol. The van der Waals surface area contributed by atoms with Crippen molar-refractivity contribution in [2.24, 2.45) is 0 Å². The minimum absolute atomic E-state index is 0.634. The molecule has 1 N–H and O–H groups in total. The highest BCUT2D eigenvalue weighted by molar-refractivity contribution is 4.77. The molecule has 1 aliphatic rings. The molecule has 0 aromatic heterocycles. The van der Waals surface area contributed by atoms with Gasteiger partial charge in [0.2, 0.25) is 0 Å². The lowest BCUT2D eigenvalue weighted by molar-refractivity contribution is 0.283. The van der Waals surface area contributed by atoms with Crippen LogP contribution in [0.15, 0.2) is 0 Å². The lowest BCUT2D eigenvalue weighted by Crippen LogP contribution is -2.31. The van der Waals surface area contributed by atoms with Crippen LogP contribution in [0.3, 0.4) is 0 Å². The van der Waals surface area contributed by atoms with Crippen molar-refractivity contribution in [1.29, 1.82) is 5.26 Å². The van der Waals surface area contributed by atoms with E-state index in [9.17, 15) is 0 Å². The molecule has 3 heteroatoms. The zero-order valence-electron chi connectivity index (χ0n) is 9.84. The summed E-state index contributed by atoms with van der Waals surface area (Å²) in [6.45, 7) is 6.82. The molecule has 1 atom stereocenters. The van der Waals surface area contributed by atoms with Gasteiger partial charge in [0.05, 0.1) is 6.07 Å². The summed E-state index contributed by atoms with van der Waals surface area (Å²) in [4.78, 5) is 2.56. The van der Waals surface area contributed by atoms with Crippen molar-refractivity contribution in [3.8, 4) is 6.07 Å². The van der Waals surface area contributed by atoms with E-state index in [0.717, 1.165) is 6.54 Å². The Morgan fingerprint density at radius 3 is 3.00 bits per heavy atom. The molecule has 0 bridgehead atoms. The van der Waals surface area contributed by atoms with Crippen molar-refractivity contribution in [2.75, 3.05) is 26.2 Å². The molecule has 3 nitrogen and oxygen atoms in total. The summed E-state index contributed by atoms with van der Waals surface area (Å²) in [5, 5.41) is 11.9. The summed E-state index contributed by atoms with van der Waals surface area (Å²) in [6.07, 6.45) is 5.70. The van der Waals surface area contributed by atoms with Crippen molar-refractivity contribution in [3.63, 3.8) is 0 Å². The van der Waals surface area contributed by atoms with Gasteiger partial charge in [0, 0.05) is 19.0 Å². The highest BCUT2D eigenvalue weighted by Crippen LogP contribution is 2.11.